The Kier molecular flexibility index (Phi) is 7.01. The Morgan fingerprint density at radius 1 is 1.48 bits per heavy atom. The zero-order valence-electron chi connectivity index (χ0n) is 12.3. The van der Waals surface area contributed by atoms with Crippen molar-refractivity contribution in [1.29, 1.82) is 0 Å². The fraction of sp³-hybridized carbons (Fsp3) is 0.500. The molecule has 0 radical (unpaired) electrons. The fourth-order valence-corrected chi connectivity index (χ4v) is 2.64. The van der Waals surface area contributed by atoms with Gasteiger partial charge in [-0.25, -0.2) is 0 Å². The molecule has 0 saturated carbocycles. The van der Waals surface area contributed by atoms with Gasteiger partial charge < -0.3 is 9.47 Å². The Labute approximate surface area is 128 Å². The highest BCUT2D eigenvalue weighted by Crippen LogP contribution is 2.34. The van der Waals surface area contributed by atoms with Crippen LogP contribution < -0.4 is 4.74 Å². The second-order valence-electron chi connectivity index (χ2n) is 4.44. The van der Waals surface area contributed by atoms with E-state index in [4.69, 9.17) is 4.74 Å². The van der Waals surface area contributed by atoms with E-state index >= 15 is 0 Å². The molecule has 0 aromatic heterocycles. The topological polar surface area (TPSA) is 78.7 Å². The van der Waals surface area contributed by atoms with Crippen molar-refractivity contribution in [1.82, 2.24) is 0 Å². The van der Waals surface area contributed by atoms with Gasteiger partial charge >= 0.3 is 11.7 Å². The molecule has 0 heterocycles. The van der Waals surface area contributed by atoms with Gasteiger partial charge in [-0.2, -0.15) is 0 Å². The number of carbonyl (C=O) groups is 1. The normalized spacial score (nSPS) is 11.8. The number of carbonyl (C=O) groups excluding carboxylic acids is 1. The molecule has 1 atom stereocenters. The molecule has 116 valence electrons. The molecule has 1 aromatic rings. The lowest BCUT2D eigenvalue weighted by molar-refractivity contribution is -0.385. The molecule has 0 bridgehead atoms. The highest BCUT2D eigenvalue weighted by molar-refractivity contribution is 8.00. The monoisotopic (exact) mass is 313 g/mol. The largest absolute Gasteiger partial charge is 0.487 e. The van der Waals surface area contributed by atoms with Crippen molar-refractivity contribution < 1.29 is 19.2 Å². The minimum absolute atomic E-state index is 0.0120. The smallest absolute Gasteiger partial charge is 0.310 e. The van der Waals surface area contributed by atoms with Gasteiger partial charge in [0.1, 0.15) is 0 Å². The van der Waals surface area contributed by atoms with E-state index in [1.54, 1.807) is 12.1 Å². The van der Waals surface area contributed by atoms with Crippen LogP contribution in [-0.2, 0) is 9.53 Å². The van der Waals surface area contributed by atoms with E-state index in [2.05, 4.69) is 4.74 Å². The van der Waals surface area contributed by atoms with E-state index in [9.17, 15) is 14.9 Å². The van der Waals surface area contributed by atoms with Gasteiger partial charge in [0.2, 0.25) is 0 Å². The highest BCUT2D eigenvalue weighted by atomic mass is 32.2. The Hall–Kier alpha value is -1.76. The molecule has 7 heteroatoms. The van der Waals surface area contributed by atoms with Gasteiger partial charge in [0.25, 0.3) is 0 Å². The molecule has 0 amide bonds. The van der Waals surface area contributed by atoms with Crippen molar-refractivity contribution in [3.8, 4) is 5.75 Å². The third-order valence-corrected chi connectivity index (χ3v) is 3.70. The molecule has 1 unspecified atom stereocenters. The lowest BCUT2D eigenvalue weighted by Crippen LogP contribution is -2.08. The second kappa shape index (κ2) is 8.51. The first-order valence-corrected chi connectivity index (χ1v) is 7.50. The lowest BCUT2D eigenvalue weighted by atomic mass is 10.3. The summed E-state index contributed by atoms with van der Waals surface area (Å²) < 4.78 is 10.0. The zero-order chi connectivity index (χ0) is 15.8. The third-order valence-electron chi connectivity index (χ3n) is 2.61. The van der Waals surface area contributed by atoms with Gasteiger partial charge in [0, 0.05) is 22.3 Å². The predicted octanol–water partition coefficient (Wildman–Crippen LogP) is 3.43. The van der Waals surface area contributed by atoms with E-state index in [1.165, 1.54) is 24.9 Å². The maximum absolute atomic E-state index is 11.2. The number of thioether (sulfide) groups is 1. The summed E-state index contributed by atoms with van der Waals surface area (Å²) in [6.07, 6.45) is 1.05. The van der Waals surface area contributed by atoms with E-state index < -0.39 is 4.92 Å². The first-order valence-electron chi connectivity index (χ1n) is 6.62. The molecule has 1 rings (SSSR count). The van der Waals surface area contributed by atoms with E-state index in [-0.39, 0.29) is 29.1 Å². The number of nitro benzene ring substituents is 1. The molecule has 0 aliphatic carbocycles. The van der Waals surface area contributed by atoms with Crippen molar-refractivity contribution >= 4 is 23.4 Å². The third kappa shape index (κ3) is 5.63. The van der Waals surface area contributed by atoms with E-state index in [0.717, 1.165) is 11.3 Å². The van der Waals surface area contributed by atoms with Crippen LogP contribution in [0.15, 0.2) is 23.1 Å². The minimum Gasteiger partial charge on any atom is -0.487 e. The Morgan fingerprint density at radius 3 is 2.76 bits per heavy atom. The highest BCUT2D eigenvalue weighted by Gasteiger charge is 2.17. The number of nitro groups is 1. The zero-order valence-corrected chi connectivity index (χ0v) is 13.1. The van der Waals surface area contributed by atoms with Crippen molar-refractivity contribution in [2.24, 2.45) is 0 Å². The van der Waals surface area contributed by atoms with Gasteiger partial charge in [-0.15, -0.1) is 11.8 Å². The Morgan fingerprint density at radius 2 is 2.19 bits per heavy atom. The fourth-order valence-electron chi connectivity index (χ4n) is 1.64. The molecule has 21 heavy (non-hydrogen) atoms. The summed E-state index contributed by atoms with van der Waals surface area (Å²) >= 11 is 1.45. The summed E-state index contributed by atoms with van der Waals surface area (Å²) in [4.78, 5) is 22.5. The summed E-state index contributed by atoms with van der Waals surface area (Å²) in [6.45, 7) is 4.26. The summed E-state index contributed by atoms with van der Waals surface area (Å²) in [5, 5.41) is 11.0. The molecule has 6 nitrogen and oxygen atoms in total. The molecule has 0 N–H and O–H groups in total. The molecule has 0 fully saturated rings. The van der Waals surface area contributed by atoms with E-state index in [0.29, 0.717) is 6.61 Å². The summed E-state index contributed by atoms with van der Waals surface area (Å²) in [5.41, 5.74) is -0.0478. The molecular formula is C14H19NO5S. The molecular weight excluding hydrogens is 294 g/mol. The van der Waals surface area contributed by atoms with Crippen molar-refractivity contribution in [2.45, 2.75) is 36.8 Å². The quantitative estimate of drug-likeness (QED) is 0.317. The van der Waals surface area contributed by atoms with Crippen molar-refractivity contribution in [3.05, 3.63) is 28.3 Å². The van der Waals surface area contributed by atoms with Crippen LogP contribution in [-0.4, -0.2) is 29.9 Å². The molecule has 0 aliphatic heterocycles. The van der Waals surface area contributed by atoms with Crippen LogP contribution in [0.1, 0.15) is 26.7 Å². The van der Waals surface area contributed by atoms with Crippen LogP contribution in [0.4, 0.5) is 5.69 Å². The van der Waals surface area contributed by atoms with Crippen LogP contribution in [0, 0.1) is 10.1 Å². The molecule has 0 aliphatic rings. The Balaban J connectivity index is 2.83. The number of hydrogen-bond donors (Lipinski definition) is 0. The first-order chi connectivity index (χ1) is 9.97. The average molecular weight is 313 g/mol. The second-order valence-corrected chi connectivity index (χ2v) is 5.96. The lowest BCUT2D eigenvalue weighted by Gasteiger charge is -2.11. The standard InChI is InChI=1S/C14H19NO5S/c1-4-7-20-13-9-11(5-6-12(13)15(17)18)21-10(2)8-14(16)19-3/h5-6,9-10H,4,7-8H2,1-3H3. The van der Waals surface area contributed by atoms with Gasteiger partial charge in [0.15, 0.2) is 5.75 Å². The first kappa shape index (κ1) is 17.3. The van der Waals surface area contributed by atoms with Gasteiger partial charge in [-0.3, -0.25) is 14.9 Å². The van der Waals surface area contributed by atoms with Crippen LogP contribution in [0.3, 0.4) is 0 Å². The van der Waals surface area contributed by atoms with Crippen molar-refractivity contribution in [2.75, 3.05) is 13.7 Å². The van der Waals surface area contributed by atoms with Gasteiger partial charge in [-0.05, 0) is 12.5 Å². The minimum atomic E-state index is -0.461. The summed E-state index contributed by atoms with van der Waals surface area (Å²) in [6, 6.07) is 4.74. The number of esters is 1. The van der Waals surface area contributed by atoms with Crippen LogP contribution in [0.5, 0.6) is 5.75 Å². The van der Waals surface area contributed by atoms with Crippen molar-refractivity contribution in [3.63, 3.8) is 0 Å². The molecule has 0 saturated heterocycles. The van der Waals surface area contributed by atoms with Crippen LogP contribution in [0.2, 0.25) is 0 Å². The predicted molar refractivity (Wildman–Crippen MR) is 80.8 cm³/mol. The summed E-state index contributed by atoms with van der Waals surface area (Å²) in [7, 11) is 1.35. The number of methoxy groups -OCH3 is 1. The Bertz CT molecular complexity index is 506. The number of benzene rings is 1. The van der Waals surface area contributed by atoms with E-state index in [1.807, 2.05) is 13.8 Å². The van der Waals surface area contributed by atoms with Crippen LogP contribution >= 0.6 is 11.8 Å². The van der Waals surface area contributed by atoms with Gasteiger partial charge in [0.05, 0.1) is 25.1 Å². The molecule has 0 spiro atoms. The maximum Gasteiger partial charge on any atom is 0.310 e. The van der Waals surface area contributed by atoms with Gasteiger partial charge in [-0.1, -0.05) is 13.8 Å². The molecule has 1 aromatic carbocycles. The SMILES string of the molecule is CCCOc1cc(SC(C)CC(=O)OC)ccc1[N+](=O)[O-]. The maximum atomic E-state index is 11.2. The summed E-state index contributed by atoms with van der Waals surface area (Å²) in [5.74, 6) is -0.0171. The average Bonchev–Trinajstić information content (AvgIpc) is 2.44. The number of rotatable bonds is 8. The number of nitrogens with zero attached hydrogens (tertiary/aromatic N) is 1. The number of ether oxygens (including phenoxy) is 2. The van der Waals surface area contributed by atoms with Crippen LogP contribution in [0.25, 0.3) is 0 Å². The number of hydrogen-bond acceptors (Lipinski definition) is 6.